The molecule has 0 unspecified atom stereocenters. The predicted octanol–water partition coefficient (Wildman–Crippen LogP) is 5.37. The van der Waals surface area contributed by atoms with Gasteiger partial charge in [-0.25, -0.2) is 0 Å². The molecule has 1 fully saturated rings. The second-order valence-corrected chi connectivity index (χ2v) is 8.81. The average molecular weight is 455 g/mol. The van der Waals surface area contributed by atoms with Gasteiger partial charge in [-0.2, -0.15) is 0 Å². The molecule has 1 aliphatic rings. The number of phenolic OH excluding ortho intramolecular Hbond substituents is 1. The molecule has 1 saturated heterocycles. The molecule has 0 amide bonds. The van der Waals surface area contributed by atoms with Gasteiger partial charge in [-0.15, -0.1) is 0 Å². The van der Waals surface area contributed by atoms with Crippen LogP contribution in [-0.4, -0.2) is 24.7 Å². The standard InChI is InChI=1S/C27H26N4OS/c1-18-16-23(19(2)31(18)21-11-13-22(32)14-12-21)26-25(24-10-6-7-15-28-24)29-27(33)30(26)17-20-8-4-3-5-9-20/h3-16,25-26,32H,17H2,1-2H3,(H,29,33)/t25-,26-/m1/s1. The van der Waals surface area contributed by atoms with Gasteiger partial charge in [0.2, 0.25) is 0 Å². The summed E-state index contributed by atoms with van der Waals surface area (Å²) in [5.74, 6) is 0.260. The number of hydrogen-bond donors (Lipinski definition) is 2. The zero-order valence-corrected chi connectivity index (χ0v) is 19.5. The third-order valence-corrected chi connectivity index (χ3v) is 6.64. The van der Waals surface area contributed by atoms with Crippen molar-refractivity contribution < 1.29 is 5.11 Å². The Kier molecular flexibility index (Phi) is 5.60. The zero-order valence-electron chi connectivity index (χ0n) is 18.6. The lowest BCUT2D eigenvalue weighted by atomic mass is 9.96. The number of nitrogens with one attached hydrogen (secondary N) is 1. The molecule has 4 aromatic rings. The number of aryl methyl sites for hydroxylation is 1. The maximum atomic E-state index is 9.74. The van der Waals surface area contributed by atoms with Crippen molar-refractivity contribution in [3.63, 3.8) is 0 Å². The summed E-state index contributed by atoms with van der Waals surface area (Å²) in [6.07, 6.45) is 1.83. The van der Waals surface area contributed by atoms with Crippen molar-refractivity contribution in [2.75, 3.05) is 0 Å². The molecular weight excluding hydrogens is 428 g/mol. The Hall–Kier alpha value is -3.64. The highest BCUT2D eigenvalue weighted by Gasteiger charge is 2.41. The van der Waals surface area contributed by atoms with E-state index in [0.717, 1.165) is 27.9 Å². The first-order valence-electron chi connectivity index (χ1n) is 11.0. The van der Waals surface area contributed by atoms with Gasteiger partial charge in [-0.3, -0.25) is 4.98 Å². The maximum Gasteiger partial charge on any atom is 0.170 e. The third-order valence-electron chi connectivity index (χ3n) is 6.29. The van der Waals surface area contributed by atoms with Gasteiger partial charge in [0.1, 0.15) is 5.75 Å². The van der Waals surface area contributed by atoms with Gasteiger partial charge < -0.3 is 19.9 Å². The first kappa shape index (κ1) is 21.2. The number of aromatic nitrogens is 2. The molecule has 0 aliphatic carbocycles. The van der Waals surface area contributed by atoms with Crippen LogP contribution in [0, 0.1) is 13.8 Å². The topological polar surface area (TPSA) is 53.3 Å². The highest BCUT2D eigenvalue weighted by atomic mass is 32.1. The fraction of sp³-hybridized carbons (Fsp3) is 0.185. The first-order chi connectivity index (χ1) is 16.0. The quantitative estimate of drug-likeness (QED) is 0.397. The van der Waals surface area contributed by atoms with Gasteiger partial charge in [0.25, 0.3) is 0 Å². The van der Waals surface area contributed by atoms with Gasteiger partial charge in [0, 0.05) is 29.8 Å². The minimum Gasteiger partial charge on any atom is -0.508 e. The molecular formula is C27H26N4OS. The number of pyridine rings is 1. The molecule has 6 heteroatoms. The summed E-state index contributed by atoms with van der Waals surface area (Å²) < 4.78 is 2.23. The van der Waals surface area contributed by atoms with Crippen molar-refractivity contribution in [1.29, 1.82) is 0 Å². The van der Waals surface area contributed by atoms with E-state index in [1.807, 2.05) is 36.5 Å². The van der Waals surface area contributed by atoms with Gasteiger partial charge in [-0.1, -0.05) is 36.4 Å². The van der Waals surface area contributed by atoms with Gasteiger partial charge >= 0.3 is 0 Å². The molecule has 5 nitrogen and oxygen atoms in total. The lowest BCUT2D eigenvalue weighted by Gasteiger charge is -2.28. The SMILES string of the molecule is Cc1cc([C@@H]2[C@@H](c3ccccn3)NC(=S)N2Cc2ccccc2)c(C)n1-c1ccc(O)cc1. The molecule has 166 valence electrons. The second kappa shape index (κ2) is 8.71. The monoisotopic (exact) mass is 454 g/mol. The summed E-state index contributed by atoms with van der Waals surface area (Å²) in [5, 5.41) is 14.0. The first-order valence-corrected chi connectivity index (χ1v) is 11.4. The Morgan fingerprint density at radius 2 is 1.70 bits per heavy atom. The summed E-state index contributed by atoms with van der Waals surface area (Å²) in [6, 6.07) is 25.9. The number of thiocarbonyl (C=S) groups is 1. The smallest absolute Gasteiger partial charge is 0.170 e. The molecule has 2 aromatic carbocycles. The average Bonchev–Trinajstić information content (AvgIpc) is 3.31. The molecule has 5 rings (SSSR count). The van der Waals surface area contributed by atoms with Crippen molar-refractivity contribution in [3.05, 3.63) is 113 Å². The molecule has 2 N–H and O–H groups in total. The fourth-order valence-corrected chi connectivity index (χ4v) is 5.09. The van der Waals surface area contributed by atoms with Crippen LogP contribution in [0.4, 0.5) is 0 Å². The summed E-state index contributed by atoms with van der Waals surface area (Å²) in [7, 11) is 0. The fourth-order valence-electron chi connectivity index (χ4n) is 4.78. The van der Waals surface area contributed by atoms with Gasteiger partial charge in [0.05, 0.1) is 17.8 Å². The molecule has 1 aliphatic heterocycles. The van der Waals surface area contributed by atoms with E-state index >= 15 is 0 Å². The maximum absolute atomic E-state index is 9.74. The summed E-state index contributed by atoms with van der Waals surface area (Å²) >= 11 is 5.84. The molecule has 33 heavy (non-hydrogen) atoms. The molecule has 0 spiro atoms. The van der Waals surface area contributed by atoms with E-state index in [4.69, 9.17) is 12.2 Å². The van der Waals surface area contributed by atoms with Crippen LogP contribution in [0.3, 0.4) is 0 Å². The van der Waals surface area contributed by atoms with Crippen molar-refractivity contribution >= 4 is 17.3 Å². The lowest BCUT2D eigenvalue weighted by Crippen LogP contribution is -2.29. The largest absolute Gasteiger partial charge is 0.508 e. The van der Waals surface area contributed by atoms with E-state index in [9.17, 15) is 5.11 Å². The van der Waals surface area contributed by atoms with Crippen LogP contribution in [0.5, 0.6) is 5.75 Å². The highest BCUT2D eigenvalue weighted by Crippen LogP contribution is 2.42. The van der Waals surface area contributed by atoms with E-state index < -0.39 is 0 Å². The second-order valence-electron chi connectivity index (χ2n) is 8.42. The number of hydrogen-bond acceptors (Lipinski definition) is 3. The van der Waals surface area contributed by atoms with E-state index in [1.165, 1.54) is 11.1 Å². The summed E-state index contributed by atoms with van der Waals surface area (Å²) in [6.45, 7) is 4.97. The van der Waals surface area contributed by atoms with E-state index in [1.54, 1.807) is 12.1 Å². The molecule has 2 aromatic heterocycles. The number of benzene rings is 2. The minimum absolute atomic E-state index is 0.00956. The van der Waals surface area contributed by atoms with Crippen molar-refractivity contribution in [2.45, 2.75) is 32.5 Å². The van der Waals surface area contributed by atoms with E-state index in [2.05, 4.69) is 70.0 Å². The van der Waals surface area contributed by atoms with Crippen LogP contribution in [0.15, 0.2) is 85.1 Å². The molecule has 2 atom stereocenters. The van der Waals surface area contributed by atoms with Crippen molar-refractivity contribution in [1.82, 2.24) is 19.8 Å². The third kappa shape index (κ3) is 3.98. The number of rotatable bonds is 5. The van der Waals surface area contributed by atoms with Crippen molar-refractivity contribution in [2.24, 2.45) is 0 Å². The zero-order chi connectivity index (χ0) is 22.9. The number of aromatic hydroxyl groups is 1. The van der Waals surface area contributed by atoms with Crippen LogP contribution in [0.25, 0.3) is 5.69 Å². The molecule has 0 bridgehead atoms. The summed E-state index contributed by atoms with van der Waals surface area (Å²) in [4.78, 5) is 6.93. The minimum atomic E-state index is -0.0591. The number of nitrogens with zero attached hydrogens (tertiary/aromatic N) is 3. The Balaban J connectivity index is 1.61. The van der Waals surface area contributed by atoms with Crippen LogP contribution >= 0.6 is 12.2 Å². The molecule has 3 heterocycles. The van der Waals surface area contributed by atoms with Crippen molar-refractivity contribution in [3.8, 4) is 11.4 Å². The van der Waals surface area contributed by atoms with Crippen LogP contribution in [0.2, 0.25) is 0 Å². The molecule has 0 radical (unpaired) electrons. The highest BCUT2D eigenvalue weighted by molar-refractivity contribution is 7.80. The molecule has 0 saturated carbocycles. The predicted molar refractivity (Wildman–Crippen MR) is 134 cm³/mol. The lowest BCUT2D eigenvalue weighted by molar-refractivity contribution is 0.310. The van der Waals surface area contributed by atoms with Crippen LogP contribution in [0.1, 0.15) is 40.3 Å². The van der Waals surface area contributed by atoms with Gasteiger partial charge in [-0.05, 0) is 79.7 Å². The Morgan fingerprint density at radius 1 is 0.970 bits per heavy atom. The normalized spacial score (nSPS) is 17.9. The Bertz CT molecular complexity index is 1270. The summed E-state index contributed by atoms with van der Waals surface area (Å²) in [5.41, 5.74) is 6.68. The van der Waals surface area contributed by atoms with E-state index in [-0.39, 0.29) is 17.8 Å². The van der Waals surface area contributed by atoms with Gasteiger partial charge in [0.15, 0.2) is 5.11 Å². The van der Waals surface area contributed by atoms with Crippen LogP contribution in [-0.2, 0) is 6.54 Å². The Morgan fingerprint density at radius 3 is 2.39 bits per heavy atom. The van der Waals surface area contributed by atoms with E-state index in [0.29, 0.717) is 6.54 Å². The number of phenols is 1. The van der Waals surface area contributed by atoms with Crippen LogP contribution < -0.4 is 5.32 Å². The Labute approximate surface area is 199 Å².